The molecule has 0 radical (unpaired) electrons. The van der Waals surface area contributed by atoms with Crippen molar-refractivity contribution < 1.29 is 4.79 Å². The van der Waals surface area contributed by atoms with Gasteiger partial charge in [-0.3, -0.25) is 4.79 Å². The molecule has 1 aliphatic rings. The summed E-state index contributed by atoms with van der Waals surface area (Å²) in [5.41, 5.74) is 1.26. The van der Waals surface area contributed by atoms with Crippen LogP contribution in [-0.4, -0.2) is 21.9 Å². The predicted molar refractivity (Wildman–Crippen MR) is 98.4 cm³/mol. The van der Waals surface area contributed by atoms with E-state index in [1.807, 2.05) is 24.3 Å². The van der Waals surface area contributed by atoms with Gasteiger partial charge in [0, 0.05) is 10.5 Å². The third kappa shape index (κ3) is 4.54. The average Bonchev–Trinajstić information content (AvgIpc) is 2.86. The Morgan fingerprint density at radius 3 is 2.46 bits per heavy atom. The van der Waals surface area contributed by atoms with Crippen molar-refractivity contribution in [3.05, 3.63) is 46.8 Å². The number of hydrogen-bond acceptors (Lipinski definition) is 4. The molecular weight excluding hydrogens is 368 g/mol. The van der Waals surface area contributed by atoms with E-state index >= 15 is 0 Å². The highest BCUT2D eigenvalue weighted by Crippen LogP contribution is 2.24. The molecule has 0 saturated heterocycles. The van der Waals surface area contributed by atoms with Crippen molar-refractivity contribution in [2.75, 3.05) is 5.32 Å². The monoisotopic (exact) mass is 388 g/mol. The summed E-state index contributed by atoms with van der Waals surface area (Å²) < 4.78 is 0.946. The van der Waals surface area contributed by atoms with Gasteiger partial charge < -0.3 is 10.6 Å². The van der Waals surface area contributed by atoms with Crippen molar-refractivity contribution in [2.24, 2.45) is 0 Å². The van der Waals surface area contributed by atoms with E-state index in [9.17, 15) is 4.79 Å². The second kappa shape index (κ2) is 8.24. The van der Waals surface area contributed by atoms with Crippen LogP contribution in [0.25, 0.3) is 0 Å². The highest BCUT2D eigenvalue weighted by molar-refractivity contribution is 9.10. The summed E-state index contributed by atoms with van der Waals surface area (Å²) >= 11 is 3.48. The van der Waals surface area contributed by atoms with Crippen LogP contribution >= 0.6 is 15.9 Å². The molecule has 126 valence electrons. The quantitative estimate of drug-likeness (QED) is 0.759. The molecule has 5 nitrogen and oxygen atoms in total. The minimum absolute atomic E-state index is 0.137. The van der Waals surface area contributed by atoms with E-state index in [0.29, 0.717) is 11.5 Å². The lowest BCUT2D eigenvalue weighted by Gasteiger charge is -2.15. The van der Waals surface area contributed by atoms with Crippen molar-refractivity contribution >= 4 is 33.3 Å². The summed E-state index contributed by atoms with van der Waals surface area (Å²) in [6, 6.07) is 8.04. The zero-order chi connectivity index (χ0) is 16.8. The first kappa shape index (κ1) is 16.9. The number of carbonyl (C=O) groups is 1. The van der Waals surface area contributed by atoms with Gasteiger partial charge in [-0.1, -0.05) is 37.8 Å². The summed E-state index contributed by atoms with van der Waals surface area (Å²) in [6.07, 6.45) is 10.1. The SMILES string of the molecule is O=C(NC1CCCCCC1)c1cnc(Nc2ccccc2Br)cn1. The molecular formula is C18H21BrN4O. The van der Waals surface area contributed by atoms with E-state index in [2.05, 4.69) is 36.5 Å². The fourth-order valence-corrected chi connectivity index (χ4v) is 3.28. The highest BCUT2D eigenvalue weighted by Gasteiger charge is 2.16. The van der Waals surface area contributed by atoms with Crippen LogP contribution in [0.1, 0.15) is 49.0 Å². The van der Waals surface area contributed by atoms with Crippen LogP contribution in [0.3, 0.4) is 0 Å². The van der Waals surface area contributed by atoms with Gasteiger partial charge in [-0.2, -0.15) is 0 Å². The summed E-state index contributed by atoms with van der Waals surface area (Å²) in [4.78, 5) is 20.8. The van der Waals surface area contributed by atoms with Crippen LogP contribution in [0.5, 0.6) is 0 Å². The minimum atomic E-state index is -0.137. The van der Waals surface area contributed by atoms with Gasteiger partial charge in [-0.05, 0) is 40.9 Å². The Morgan fingerprint density at radius 2 is 1.79 bits per heavy atom. The standard InChI is InChI=1S/C18H21BrN4O/c19-14-9-5-6-10-15(14)23-17-12-20-16(11-21-17)18(24)22-13-7-3-1-2-4-8-13/h5-6,9-13H,1-4,7-8H2,(H,21,23)(H,22,24). The number of hydrogen-bond donors (Lipinski definition) is 2. The molecule has 2 aromatic rings. The molecule has 1 saturated carbocycles. The third-order valence-corrected chi connectivity index (χ3v) is 4.90. The number of rotatable bonds is 4. The lowest BCUT2D eigenvalue weighted by Crippen LogP contribution is -2.34. The fraction of sp³-hybridized carbons (Fsp3) is 0.389. The Kier molecular flexibility index (Phi) is 5.80. The molecule has 0 aliphatic heterocycles. The predicted octanol–water partition coefficient (Wildman–Crippen LogP) is 4.44. The molecule has 6 heteroatoms. The van der Waals surface area contributed by atoms with Crippen LogP contribution in [0, 0.1) is 0 Å². The summed E-state index contributed by atoms with van der Waals surface area (Å²) in [5.74, 6) is 0.467. The summed E-state index contributed by atoms with van der Waals surface area (Å²) in [7, 11) is 0. The highest BCUT2D eigenvalue weighted by atomic mass is 79.9. The molecule has 0 spiro atoms. The number of aromatic nitrogens is 2. The van der Waals surface area contributed by atoms with Crippen molar-refractivity contribution in [3.63, 3.8) is 0 Å². The number of carbonyl (C=O) groups excluding carboxylic acids is 1. The number of anilines is 2. The van der Waals surface area contributed by atoms with E-state index in [1.54, 1.807) is 6.20 Å². The maximum absolute atomic E-state index is 12.3. The maximum Gasteiger partial charge on any atom is 0.271 e. The largest absolute Gasteiger partial charge is 0.348 e. The number of benzene rings is 1. The van der Waals surface area contributed by atoms with Crippen molar-refractivity contribution in [2.45, 2.75) is 44.6 Å². The van der Waals surface area contributed by atoms with E-state index in [4.69, 9.17) is 0 Å². The Hall–Kier alpha value is -1.95. The number of amides is 1. The summed E-state index contributed by atoms with van der Waals surface area (Å²) in [6.45, 7) is 0. The van der Waals surface area contributed by atoms with Gasteiger partial charge in [0.1, 0.15) is 11.5 Å². The average molecular weight is 389 g/mol. The Morgan fingerprint density at radius 1 is 1.04 bits per heavy atom. The molecule has 24 heavy (non-hydrogen) atoms. The molecule has 0 atom stereocenters. The molecule has 1 heterocycles. The fourth-order valence-electron chi connectivity index (χ4n) is 2.89. The van der Waals surface area contributed by atoms with Crippen LogP contribution < -0.4 is 10.6 Å². The molecule has 1 aliphatic carbocycles. The second-order valence-corrected chi connectivity index (χ2v) is 6.91. The van der Waals surface area contributed by atoms with Gasteiger partial charge in [0.2, 0.25) is 0 Å². The van der Waals surface area contributed by atoms with Gasteiger partial charge in [0.05, 0.1) is 18.1 Å². The van der Waals surface area contributed by atoms with Crippen LogP contribution in [0.2, 0.25) is 0 Å². The summed E-state index contributed by atoms with van der Waals surface area (Å²) in [5, 5.41) is 6.26. The topological polar surface area (TPSA) is 66.9 Å². The molecule has 1 aromatic heterocycles. The zero-order valence-corrected chi connectivity index (χ0v) is 15.1. The van der Waals surface area contributed by atoms with E-state index in [-0.39, 0.29) is 11.9 Å². The van der Waals surface area contributed by atoms with Gasteiger partial charge >= 0.3 is 0 Å². The number of nitrogens with one attached hydrogen (secondary N) is 2. The van der Waals surface area contributed by atoms with Gasteiger partial charge in [-0.15, -0.1) is 0 Å². The number of halogens is 1. The van der Waals surface area contributed by atoms with Crippen LogP contribution in [0.15, 0.2) is 41.1 Å². The molecule has 1 fully saturated rings. The van der Waals surface area contributed by atoms with E-state index in [0.717, 1.165) is 23.0 Å². The first-order valence-electron chi connectivity index (χ1n) is 8.37. The Labute approximate surface area is 150 Å². The maximum atomic E-state index is 12.3. The lowest BCUT2D eigenvalue weighted by atomic mass is 10.1. The van der Waals surface area contributed by atoms with Gasteiger partial charge in [-0.25, -0.2) is 9.97 Å². The molecule has 1 aromatic carbocycles. The van der Waals surface area contributed by atoms with Crippen molar-refractivity contribution in [1.82, 2.24) is 15.3 Å². The van der Waals surface area contributed by atoms with Crippen molar-refractivity contribution in [1.29, 1.82) is 0 Å². The smallest absolute Gasteiger partial charge is 0.271 e. The first-order valence-corrected chi connectivity index (χ1v) is 9.16. The van der Waals surface area contributed by atoms with E-state index in [1.165, 1.54) is 31.9 Å². The number of nitrogens with zero attached hydrogens (tertiary/aromatic N) is 2. The molecule has 3 rings (SSSR count). The number of para-hydroxylation sites is 1. The minimum Gasteiger partial charge on any atom is -0.348 e. The second-order valence-electron chi connectivity index (χ2n) is 6.05. The van der Waals surface area contributed by atoms with Crippen molar-refractivity contribution in [3.8, 4) is 0 Å². The third-order valence-electron chi connectivity index (χ3n) is 4.21. The first-order chi connectivity index (χ1) is 11.7. The Balaban J connectivity index is 1.61. The molecule has 2 N–H and O–H groups in total. The normalized spacial score (nSPS) is 15.5. The van der Waals surface area contributed by atoms with Gasteiger partial charge in [0.15, 0.2) is 0 Å². The lowest BCUT2D eigenvalue weighted by molar-refractivity contribution is 0.0928. The molecule has 1 amide bonds. The molecule has 0 bridgehead atoms. The van der Waals surface area contributed by atoms with Crippen LogP contribution in [0.4, 0.5) is 11.5 Å². The van der Waals surface area contributed by atoms with Crippen LogP contribution in [-0.2, 0) is 0 Å². The van der Waals surface area contributed by atoms with Gasteiger partial charge in [0.25, 0.3) is 5.91 Å². The van der Waals surface area contributed by atoms with E-state index < -0.39 is 0 Å². The zero-order valence-electron chi connectivity index (χ0n) is 13.5. The molecule has 0 unspecified atom stereocenters. The Bertz CT molecular complexity index is 682.